The van der Waals surface area contributed by atoms with Gasteiger partial charge in [-0.3, -0.25) is 4.90 Å². The van der Waals surface area contributed by atoms with Crippen LogP contribution in [0, 0.1) is 5.41 Å². The zero-order chi connectivity index (χ0) is 11.7. The summed E-state index contributed by atoms with van der Waals surface area (Å²) in [4.78, 5) is 4.01. The maximum Gasteiger partial charge on any atom is 0.0931 e. The fourth-order valence-corrected chi connectivity index (χ4v) is 4.32. The van der Waals surface area contributed by atoms with Gasteiger partial charge >= 0.3 is 0 Å². The molecule has 17 heavy (non-hydrogen) atoms. The quantitative estimate of drug-likeness (QED) is 0.889. The number of likely N-dealkylation sites (tertiary alicyclic amines) is 1. The molecule has 2 fully saturated rings. The van der Waals surface area contributed by atoms with Gasteiger partial charge in [0.25, 0.3) is 0 Å². The number of rotatable bonds is 2. The minimum atomic E-state index is 0.617. The Kier molecular flexibility index (Phi) is 3.44. The van der Waals surface area contributed by atoms with Crippen LogP contribution < -0.4 is 5.32 Å². The van der Waals surface area contributed by atoms with Gasteiger partial charge in [0.2, 0.25) is 0 Å². The summed E-state index contributed by atoms with van der Waals surface area (Å²) in [5.74, 6) is 0. The third kappa shape index (κ3) is 2.68. The largest absolute Gasteiger partial charge is 0.317 e. The van der Waals surface area contributed by atoms with E-state index in [1.165, 1.54) is 50.3 Å². The molecule has 1 N–H and O–H groups in total. The van der Waals surface area contributed by atoms with Gasteiger partial charge in [-0.1, -0.05) is 11.6 Å². The van der Waals surface area contributed by atoms with Crippen LogP contribution in [0.25, 0.3) is 0 Å². The van der Waals surface area contributed by atoms with Crippen molar-refractivity contribution in [1.82, 2.24) is 10.2 Å². The molecular formula is C13H19ClN2S. The predicted molar refractivity (Wildman–Crippen MR) is 73.8 cm³/mol. The first-order chi connectivity index (χ1) is 8.26. The molecule has 0 aliphatic carbocycles. The second-order valence-electron chi connectivity index (χ2n) is 5.42. The highest BCUT2D eigenvalue weighted by Gasteiger charge is 2.38. The summed E-state index contributed by atoms with van der Waals surface area (Å²) in [6.07, 6.45) is 4.09. The third-order valence-electron chi connectivity index (χ3n) is 4.19. The van der Waals surface area contributed by atoms with Crippen molar-refractivity contribution in [3.8, 4) is 0 Å². The Morgan fingerprint density at radius 2 is 2.12 bits per heavy atom. The molecule has 2 saturated heterocycles. The highest BCUT2D eigenvalue weighted by molar-refractivity contribution is 7.16. The third-order valence-corrected chi connectivity index (χ3v) is 5.41. The maximum atomic E-state index is 5.98. The van der Waals surface area contributed by atoms with E-state index in [2.05, 4.69) is 16.3 Å². The zero-order valence-corrected chi connectivity index (χ0v) is 11.6. The van der Waals surface area contributed by atoms with Gasteiger partial charge in [-0.15, -0.1) is 11.3 Å². The topological polar surface area (TPSA) is 15.3 Å². The van der Waals surface area contributed by atoms with E-state index < -0.39 is 0 Å². The SMILES string of the molecule is Clc1ccc(CN2CCC3(CCNCC3)C2)s1. The van der Waals surface area contributed by atoms with E-state index in [1.54, 1.807) is 11.3 Å². The van der Waals surface area contributed by atoms with Gasteiger partial charge in [0.15, 0.2) is 0 Å². The number of piperidine rings is 1. The zero-order valence-electron chi connectivity index (χ0n) is 10.0. The second-order valence-corrected chi connectivity index (χ2v) is 7.22. The van der Waals surface area contributed by atoms with Gasteiger partial charge < -0.3 is 5.32 Å². The Labute approximate surface area is 112 Å². The van der Waals surface area contributed by atoms with Crippen molar-refractivity contribution in [1.29, 1.82) is 0 Å². The molecule has 1 spiro atoms. The van der Waals surface area contributed by atoms with Crippen molar-refractivity contribution in [3.63, 3.8) is 0 Å². The van der Waals surface area contributed by atoms with Crippen LogP contribution in [0.2, 0.25) is 4.34 Å². The number of hydrogen-bond acceptors (Lipinski definition) is 3. The Bertz CT molecular complexity index is 385. The lowest BCUT2D eigenvalue weighted by Crippen LogP contribution is -2.38. The minimum Gasteiger partial charge on any atom is -0.317 e. The summed E-state index contributed by atoms with van der Waals surface area (Å²) < 4.78 is 0.913. The fraction of sp³-hybridized carbons (Fsp3) is 0.692. The van der Waals surface area contributed by atoms with Crippen LogP contribution in [0.5, 0.6) is 0 Å². The number of nitrogens with one attached hydrogen (secondary N) is 1. The van der Waals surface area contributed by atoms with Crippen molar-refractivity contribution in [2.24, 2.45) is 5.41 Å². The summed E-state index contributed by atoms with van der Waals surface area (Å²) in [5, 5.41) is 3.47. The molecule has 3 rings (SSSR count). The van der Waals surface area contributed by atoms with Crippen LogP contribution in [0.3, 0.4) is 0 Å². The summed E-state index contributed by atoms with van der Waals surface area (Å²) in [6, 6.07) is 4.18. The van der Waals surface area contributed by atoms with Crippen LogP contribution >= 0.6 is 22.9 Å². The molecule has 2 nitrogen and oxygen atoms in total. The fourth-order valence-electron chi connectivity index (χ4n) is 3.19. The van der Waals surface area contributed by atoms with Crippen LogP contribution in [-0.2, 0) is 6.54 Å². The summed E-state index contributed by atoms with van der Waals surface area (Å²) in [5.41, 5.74) is 0.617. The molecular weight excluding hydrogens is 252 g/mol. The monoisotopic (exact) mass is 270 g/mol. The molecule has 0 radical (unpaired) electrons. The first kappa shape index (κ1) is 12.0. The first-order valence-electron chi connectivity index (χ1n) is 6.43. The second kappa shape index (κ2) is 4.88. The molecule has 0 saturated carbocycles. The molecule has 0 amide bonds. The van der Waals surface area contributed by atoms with Crippen molar-refractivity contribution in [3.05, 3.63) is 21.3 Å². The van der Waals surface area contributed by atoms with Crippen molar-refractivity contribution < 1.29 is 0 Å². The standard InChI is InChI=1S/C13H19ClN2S/c14-12-2-1-11(17-12)9-16-8-5-13(10-16)3-6-15-7-4-13/h1-2,15H,3-10H2. The Morgan fingerprint density at radius 1 is 1.29 bits per heavy atom. The van der Waals surface area contributed by atoms with E-state index in [-0.39, 0.29) is 0 Å². The first-order valence-corrected chi connectivity index (χ1v) is 7.63. The molecule has 0 aromatic carbocycles. The van der Waals surface area contributed by atoms with Crippen molar-refractivity contribution >= 4 is 22.9 Å². The van der Waals surface area contributed by atoms with Gasteiger partial charge in [-0.25, -0.2) is 0 Å². The van der Waals surface area contributed by atoms with E-state index in [9.17, 15) is 0 Å². The van der Waals surface area contributed by atoms with Crippen LogP contribution in [0.4, 0.5) is 0 Å². The highest BCUT2D eigenvalue weighted by atomic mass is 35.5. The smallest absolute Gasteiger partial charge is 0.0931 e. The van der Waals surface area contributed by atoms with Crippen LogP contribution in [0.15, 0.2) is 12.1 Å². The van der Waals surface area contributed by atoms with Gasteiger partial charge in [0.05, 0.1) is 4.34 Å². The average Bonchev–Trinajstić information content (AvgIpc) is 2.89. The number of hydrogen-bond donors (Lipinski definition) is 1. The Hall–Kier alpha value is -0.0900. The number of nitrogens with zero attached hydrogens (tertiary/aromatic N) is 1. The Balaban J connectivity index is 1.60. The lowest BCUT2D eigenvalue weighted by molar-refractivity contribution is 0.194. The lowest BCUT2D eigenvalue weighted by atomic mass is 9.78. The highest BCUT2D eigenvalue weighted by Crippen LogP contribution is 2.39. The lowest BCUT2D eigenvalue weighted by Gasteiger charge is -2.33. The van der Waals surface area contributed by atoms with Crippen molar-refractivity contribution in [2.75, 3.05) is 26.2 Å². The molecule has 1 aromatic heterocycles. The van der Waals surface area contributed by atoms with Crippen LogP contribution in [-0.4, -0.2) is 31.1 Å². The normalized spacial score (nSPS) is 24.5. The molecule has 3 heterocycles. The predicted octanol–water partition coefficient (Wildman–Crippen LogP) is 2.98. The maximum absolute atomic E-state index is 5.98. The van der Waals surface area contributed by atoms with E-state index in [4.69, 9.17) is 11.6 Å². The summed E-state index contributed by atoms with van der Waals surface area (Å²) in [6.45, 7) is 6.05. The number of halogens is 1. The molecule has 4 heteroatoms. The minimum absolute atomic E-state index is 0.617. The molecule has 2 aliphatic rings. The van der Waals surface area contributed by atoms with Crippen molar-refractivity contribution in [2.45, 2.75) is 25.8 Å². The van der Waals surface area contributed by atoms with Gasteiger partial charge in [0.1, 0.15) is 0 Å². The van der Waals surface area contributed by atoms with E-state index in [0.29, 0.717) is 5.41 Å². The molecule has 0 atom stereocenters. The molecule has 0 bridgehead atoms. The van der Waals surface area contributed by atoms with E-state index >= 15 is 0 Å². The van der Waals surface area contributed by atoms with Gasteiger partial charge in [-0.2, -0.15) is 0 Å². The van der Waals surface area contributed by atoms with E-state index in [1.807, 2.05) is 6.07 Å². The molecule has 2 aliphatic heterocycles. The van der Waals surface area contributed by atoms with Gasteiger partial charge in [-0.05, 0) is 56.4 Å². The Morgan fingerprint density at radius 3 is 2.82 bits per heavy atom. The molecule has 0 unspecified atom stereocenters. The molecule has 1 aromatic rings. The molecule has 94 valence electrons. The average molecular weight is 271 g/mol. The van der Waals surface area contributed by atoms with Gasteiger partial charge in [0, 0.05) is 18.0 Å². The summed E-state index contributed by atoms with van der Waals surface area (Å²) >= 11 is 7.70. The van der Waals surface area contributed by atoms with E-state index in [0.717, 1.165) is 10.9 Å². The van der Waals surface area contributed by atoms with Crippen LogP contribution in [0.1, 0.15) is 24.1 Å². The number of thiophene rings is 1. The summed E-state index contributed by atoms with van der Waals surface area (Å²) in [7, 11) is 0.